The number of aliphatic hydroxyl groups is 1. The minimum atomic E-state index is -1.28. The first-order chi connectivity index (χ1) is 13.5. The first kappa shape index (κ1) is 19.9. The van der Waals surface area contributed by atoms with Gasteiger partial charge in [0, 0.05) is 6.04 Å². The van der Waals surface area contributed by atoms with Crippen LogP contribution in [0.3, 0.4) is 0 Å². The lowest BCUT2D eigenvalue weighted by Gasteiger charge is -2.34. The fourth-order valence-corrected chi connectivity index (χ4v) is 3.82. The molecule has 0 aromatic heterocycles. The van der Waals surface area contributed by atoms with Crippen molar-refractivity contribution in [2.24, 2.45) is 0 Å². The summed E-state index contributed by atoms with van der Waals surface area (Å²) in [5, 5.41) is 10.3. The molecule has 7 heteroatoms. The maximum Gasteiger partial charge on any atom is 0.340 e. The molecule has 7 nitrogen and oxygen atoms in total. The summed E-state index contributed by atoms with van der Waals surface area (Å²) in [6.07, 6.45) is 4.35. The highest BCUT2D eigenvalue weighted by Gasteiger charge is 2.50. The van der Waals surface area contributed by atoms with E-state index in [1.54, 1.807) is 6.92 Å². The molecule has 1 fully saturated rings. The molecule has 1 unspecified atom stereocenters. The van der Waals surface area contributed by atoms with Crippen LogP contribution in [0.4, 0.5) is 0 Å². The lowest BCUT2D eigenvalue weighted by Crippen LogP contribution is -2.49. The third-order valence-corrected chi connectivity index (χ3v) is 5.15. The number of carbonyl (C=O) groups excluding carboxylic acids is 3. The van der Waals surface area contributed by atoms with Crippen molar-refractivity contribution in [3.05, 3.63) is 47.2 Å². The zero-order valence-electron chi connectivity index (χ0n) is 15.9. The van der Waals surface area contributed by atoms with Crippen LogP contribution in [0.5, 0.6) is 0 Å². The van der Waals surface area contributed by atoms with Gasteiger partial charge in [0.15, 0.2) is 11.8 Å². The van der Waals surface area contributed by atoms with Gasteiger partial charge < -0.3 is 19.5 Å². The predicted octanol–water partition coefficient (Wildman–Crippen LogP) is 2.65. The van der Waals surface area contributed by atoms with Gasteiger partial charge in [-0.2, -0.15) is 0 Å². The third-order valence-electron chi connectivity index (χ3n) is 5.15. The molecule has 3 rings (SSSR count). The van der Waals surface area contributed by atoms with Crippen LogP contribution in [-0.4, -0.2) is 46.5 Å². The molecule has 1 atom stereocenters. The van der Waals surface area contributed by atoms with Crippen molar-refractivity contribution in [3.63, 3.8) is 0 Å². The van der Waals surface area contributed by atoms with Gasteiger partial charge in [0.25, 0.3) is 5.91 Å². The maximum atomic E-state index is 12.9. The van der Waals surface area contributed by atoms with Crippen molar-refractivity contribution in [2.45, 2.75) is 57.7 Å². The Morgan fingerprint density at radius 1 is 1.11 bits per heavy atom. The SMILES string of the molecule is CCOC(=O)C1=C(O)C(=O)N(C2CCCCC2)C1C(=O)OCc1ccccc1. The van der Waals surface area contributed by atoms with Crippen LogP contribution < -0.4 is 0 Å². The predicted molar refractivity (Wildman–Crippen MR) is 100 cm³/mol. The lowest BCUT2D eigenvalue weighted by atomic mass is 9.93. The number of nitrogens with zero attached hydrogens (tertiary/aromatic N) is 1. The zero-order valence-corrected chi connectivity index (χ0v) is 15.9. The van der Waals surface area contributed by atoms with Gasteiger partial charge in [-0.3, -0.25) is 4.79 Å². The van der Waals surface area contributed by atoms with Crippen molar-refractivity contribution < 1.29 is 29.0 Å². The number of benzene rings is 1. The molecule has 1 N–H and O–H groups in total. The van der Waals surface area contributed by atoms with Crippen LogP contribution >= 0.6 is 0 Å². The monoisotopic (exact) mass is 387 g/mol. The summed E-state index contributed by atoms with van der Waals surface area (Å²) in [5.74, 6) is -3.04. The molecular weight excluding hydrogens is 362 g/mol. The summed E-state index contributed by atoms with van der Waals surface area (Å²) in [4.78, 5) is 39.3. The molecule has 28 heavy (non-hydrogen) atoms. The van der Waals surface area contributed by atoms with Crippen molar-refractivity contribution >= 4 is 17.8 Å². The van der Waals surface area contributed by atoms with Crippen LogP contribution in [0.1, 0.15) is 44.6 Å². The quantitative estimate of drug-likeness (QED) is 0.755. The van der Waals surface area contributed by atoms with Crippen LogP contribution in [-0.2, 0) is 30.5 Å². The van der Waals surface area contributed by atoms with E-state index in [1.165, 1.54) is 4.90 Å². The zero-order chi connectivity index (χ0) is 20.1. The second-order valence-corrected chi connectivity index (χ2v) is 6.98. The molecule has 0 saturated heterocycles. The molecule has 1 aromatic rings. The van der Waals surface area contributed by atoms with Crippen molar-refractivity contribution in [3.8, 4) is 0 Å². The number of hydrogen-bond acceptors (Lipinski definition) is 6. The van der Waals surface area contributed by atoms with Crippen LogP contribution in [0.25, 0.3) is 0 Å². The van der Waals surface area contributed by atoms with Crippen LogP contribution in [0.2, 0.25) is 0 Å². The van der Waals surface area contributed by atoms with E-state index in [9.17, 15) is 19.5 Å². The summed E-state index contributed by atoms with van der Waals surface area (Å²) in [6.45, 7) is 1.70. The molecule has 1 saturated carbocycles. The summed E-state index contributed by atoms with van der Waals surface area (Å²) < 4.78 is 10.4. The van der Waals surface area contributed by atoms with Crippen molar-refractivity contribution in [1.82, 2.24) is 4.90 Å². The van der Waals surface area contributed by atoms with Gasteiger partial charge >= 0.3 is 11.9 Å². The minimum Gasteiger partial charge on any atom is -0.503 e. The average Bonchev–Trinajstić information content (AvgIpc) is 2.99. The summed E-state index contributed by atoms with van der Waals surface area (Å²) in [5.41, 5.74) is 0.464. The van der Waals surface area contributed by atoms with Gasteiger partial charge in [-0.25, -0.2) is 9.59 Å². The number of aliphatic hydroxyl groups excluding tert-OH is 1. The number of hydrogen-bond donors (Lipinski definition) is 1. The topological polar surface area (TPSA) is 93.1 Å². The Morgan fingerprint density at radius 2 is 1.79 bits per heavy atom. The van der Waals surface area contributed by atoms with E-state index >= 15 is 0 Å². The average molecular weight is 387 g/mol. The van der Waals surface area contributed by atoms with Crippen molar-refractivity contribution in [2.75, 3.05) is 6.61 Å². The standard InChI is InChI=1S/C21H25NO6/c1-2-27-20(25)16-17(21(26)28-13-14-9-5-3-6-10-14)22(19(24)18(16)23)15-11-7-4-8-12-15/h3,5-6,9-10,15,17,23H,2,4,7-8,11-13H2,1H3. The molecule has 1 aliphatic carbocycles. The number of rotatable bonds is 6. The van der Waals surface area contributed by atoms with Crippen LogP contribution in [0, 0.1) is 0 Å². The molecule has 1 aromatic carbocycles. The van der Waals surface area contributed by atoms with E-state index in [1.807, 2.05) is 30.3 Å². The first-order valence-corrected chi connectivity index (χ1v) is 9.68. The van der Waals surface area contributed by atoms with Gasteiger partial charge in [0.1, 0.15) is 12.2 Å². The summed E-state index contributed by atoms with van der Waals surface area (Å²) in [6, 6.07) is 7.63. The Balaban J connectivity index is 1.86. The number of ether oxygens (including phenoxy) is 2. The molecule has 0 radical (unpaired) electrons. The Morgan fingerprint density at radius 3 is 2.43 bits per heavy atom. The van der Waals surface area contributed by atoms with E-state index in [0.29, 0.717) is 0 Å². The minimum absolute atomic E-state index is 0.0136. The third kappa shape index (κ3) is 4.03. The number of esters is 2. The number of amides is 1. The van der Waals surface area contributed by atoms with Crippen molar-refractivity contribution in [1.29, 1.82) is 0 Å². The van der Waals surface area contributed by atoms with Gasteiger partial charge in [-0.1, -0.05) is 49.6 Å². The van der Waals surface area contributed by atoms with E-state index in [0.717, 1.165) is 37.7 Å². The molecule has 2 aliphatic rings. The van der Waals surface area contributed by atoms with E-state index < -0.39 is 29.6 Å². The molecular formula is C21H25NO6. The first-order valence-electron chi connectivity index (χ1n) is 9.68. The normalized spacial score (nSPS) is 20.4. The lowest BCUT2D eigenvalue weighted by molar-refractivity contribution is -0.156. The second-order valence-electron chi connectivity index (χ2n) is 6.98. The van der Waals surface area contributed by atoms with Crippen LogP contribution in [0.15, 0.2) is 41.7 Å². The van der Waals surface area contributed by atoms with Gasteiger partial charge in [-0.15, -0.1) is 0 Å². The number of carbonyl (C=O) groups is 3. The van der Waals surface area contributed by atoms with E-state index in [-0.39, 0.29) is 24.8 Å². The Labute approximate surface area is 163 Å². The highest BCUT2D eigenvalue weighted by molar-refractivity contribution is 6.11. The Hall–Kier alpha value is -2.83. The molecule has 0 spiro atoms. The fraction of sp³-hybridized carbons (Fsp3) is 0.476. The van der Waals surface area contributed by atoms with E-state index in [2.05, 4.69) is 0 Å². The Kier molecular flexibility index (Phi) is 6.34. The van der Waals surface area contributed by atoms with Gasteiger partial charge in [-0.05, 0) is 25.3 Å². The second kappa shape index (κ2) is 8.91. The molecule has 1 heterocycles. The fourth-order valence-electron chi connectivity index (χ4n) is 3.82. The highest BCUT2D eigenvalue weighted by atomic mass is 16.5. The smallest absolute Gasteiger partial charge is 0.340 e. The highest BCUT2D eigenvalue weighted by Crippen LogP contribution is 2.34. The van der Waals surface area contributed by atoms with E-state index in [4.69, 9.17) is 9.47 Å². The molecule has 1 aliphatic heterocycles. The molecule has 150 valence electrons. The van der Waals surface area contributed by atoms with Gasteiger partial charge in [0.2, 0.25) is 0 Å². The molecule has 1 amide bonds. The van der Waals surface area contributed by atoms with Gasteiger partial charge in [0.05, 0.1) is 6.61 Å². The summed E-state index contributed by atoms with van der Waals surface area (Å²) >= 11 is 0. The Bertz CT molecular complexity index is 766. The summed E-state index contributed by atoms with van der Waals surface area (Å²) in [7, 11) is 0. The largest absolute Gasteiger partial charge is 0.503 e. The maximum absolute atomic E-state index is 12.9. The molecule has 0 bridgehead atoms.